The lowest BCUT2D eigenvalue weighted by atomic mass is 10.2. The zero-order valence-corrected chi connectivity index (χ0v) is 12.5. The molecule has 0 saturated carbocycles. The van der Waals surface area contributed by atoms with E-state index in [9.17, 15) is 4.21 Å². The van der Waals surface area contributed by atoms with Crippen LogP contribution in [0, 0.1) is 0 Å². The molecule has 0 aliphatic rings. The number of nitrogens with one attached hydrogen (secondary N) is 1. The summed E-state index contributed by atoms with van der Waals surface area (Å²) in [5.41, 5.74) is 1.16. The highest BCUT2D eigenvalue weighted by Gasteiger charge is 2.14. The number of benzene rings is 1. The molecule has 18 heavy (non-hydrogen) atoms. The Morgan fingerprint density at radius 2 is 1.89 bits per heavy atom. The number of hydrogen-bond donors (Lipinski definition) is 1. The SMILES string of the molecule is CCCNC(C)CC(C)S(=O)Cc1ccccc1. The first kappa shape index (κ1) is 15.4. The third kappa shape index (κ3) is 5.78. The van der Waals surface area contributed by atoms with E-state index in [2.05, 4.69) is 26.1 Å². The Kier molecular flexibility index (Phi) is 7.21. The summed E-state index contributed by atoms with van der Waals surface area (Å²) in [5.74, 6) is 0.669. The lowest BCUT2D eigenvalue weighted by molar-refractivity contribution is 0.508. The van der Waals surface area contributed by atoms with Crippen LogP contribution in [0.25, 0.3) is 0 Å². The molecule has 0 heterocycles. The fraction of sp³-hybridized carbons (Fsp3) is 0.600. The van der Waals surface area contributed by atoms with Crippen molar-refractivity contribution in [3.63, 3.8) is 0 Å². The predicted octanol–water partition coefficient (Wildman–Crippen LogP) is 3.10. The number of hydrogen-bond acceptors (Lipinski definition) is 2. The van der Waals surface area contributed by atoms with Gasteiger partial charge in [0.1, 0.15) is 0 Å². The summed E-state index contributed by atoms with van der Waals surface area (Å²) in [6.07, 6.45) is 2.12. The van der Waals surface area contributed by atoms with Gasteiger partial charge in [-0.15, -0.1) is 0 Å². The smallest absolute Gasteiger partial charge is 0.0488 e. The van der Waals surface area contributed by atoms with Crippen molar-refractivity contribution in [2.75, 3.05) is 6.54 Å². The van der Waals surface area contributed by atoms with Crippen LogP contribution in [0.15, 0.2) is 30.3 Å². The minimum Gasteiger partial charge on any atom is -0.314 e. The quantitative estimate of drug-likeness (QED) is 0.784. The van der Waals surface area contributed by atoms with Crippen molar-refractivity contribution >= 4 is 10.8 Å². The molecule has 1 rings (SSSR count). The van der Waals surface area contributed by atoms with Crippen LogP contribution in [0.1, 0.15) is 39.2 Å². The second-order valence-electron chi connectivity index (χ2n) is 4.91. The molecule has 3 atom stereocenters. The second-order valence-corrected chi connectivity index (χ2v) is 6.77. The lowest BCUT2D eigenvalue weighted by Crippen LogP contribution is -2.31. The van der Waals surface area contributed by atoms with Gasteiger partial charge in [0.2, 0.25) is 0 Å². The summed E-state index contributed by atoms with van der Waals surface area (Å²) in [4.78, 5) is 0. The predicted molar refractivity (Wildman–Crippen MR) is 80.1 cm³/mol. The van der Waals surface area contributed by atoms with Crippen LogP contribution in [0.4, 0.5) is 0 Å². The zero-order chi connectivity index (χ0) is 13.4. The summed E-state index contributed by atoms with van der Waals surface area (Å²) in [5, 5.41) is 3.69. The highest BCUT2D eigenvalue weighted by molar-refractivity contribution is 7.84. The van der Waals surface area contributed by atoms with Gasteiger partial charge in [-0.1, -0.05) is 44.2 Å². The summed E-state index contributed by atoms with van der Waals surface area (Å²) < 4.78 is 12.2. The average molecular weight is 267 g/mol. The molecule has 0 fully saturated rings. The lowest BCUT2D eigenvalue weighted by Gasteiger charge is -2.18. The minimum absolute atomic E-state index is 0.240. The van der Waals surface area contributed by atoms with Crippen LogP contribution in [-0.4, -0.2) is 22.0 Å². The van der Waals surface area contributed by atoms with Gasteiger partial charge in [0.05, 0.1) is 0 Å². The first-order chi connectivity index (χ1) is 8.63. The molecule has 1 aromatic carbocycles. The Morgan fingerprint density at radius 1 is 1.22 bits per heavy atom. The molecule has 3 heteroatoms. The van der Waals surface area contributed by atoms with Gasteiger partial charge in [0, 0.05) is 27.8 Å². The summed E-state index contributed by atoms with van der Waals surface area (Å²) in [6, 6.07) is 10.5. The average Bonchev–Trinajstić information content (AvgIpc) is 2.37. The largest absolute Gasteiger partial charge is 0.314 e. The first-order valence-electron chi connectivity index (χ1n) is 6.78. The maximum atomic E-state index is 12.2. The molecule has 0 aromatic heterocycles. The Balaban J connectivity index is 2.37. The van der Waals surface area contributed by atoms with Crippen LogP contribution < -0.4 is 5.32 Å². The van der Waals surface area contributed by atoms with E-state index in [0.29, 0.717) is 11.8 Å². The highest BCUT2D eigenvalue weighted by atomic mass is 32.2. The van der Waals surface area contributed by atoms with E-state index in [1.165, 1.54) is 0 Å². The van der Waals surface area contributed by atoms with Crippen molar-refractivity contribution < 1.29 is 4.21 Å². The second kappa shape index (κ2) is 8.44. The molecular formula is C15H25NOS. The molecule has 0 radical (unpaired) electrons. The van der Waals surface area contributed by atoms with E-state index in [1.807, 2.05) is 30.3 Å². The van der Waals surface area contributed by atoms with Gasteiger partial charge in [0.25, 0.3) is 0 Å². The standard InChI is InChI=1S/C15H25NOS/c1-4-10-16-13(2)11-14(3)18(17)12-15-8-6-5-7-9-15/h5-9,13-14,16H,4,10-12H2,1-3H3. The molecule has 1 aromatic rings. The van der Waals surface area contributed by atoms with E-state index < -0.39 is 10.8 Å². The molecule has 1 N–H and O–H groups in total. The molecule has 0 spiro atoms. The molecule has 0 amide bonds. The van der Waals surface area contributed by atoms with Crippen molar-refractivity contribution in [1.82, 2.24) is 5.32 Å². The summed E-state index contributed by atoms with van der Waals surface area (Å²) in [7, 11) is -0.782. The normalized spacial score (nSPS) is 16.2. The third-order valence-corrected chi connectivity index (χ3v) is 4.74. The van der Waals surface area contributed by atoms with Crippen molar-refractivity contribution in [2.24, 2.45) is 0 Å². The fourth-order valence-electron chi connectivity index (χ4n) is 1.96. The van der Waals surface area contributed by atoms with Gasteiger partial charge in [-0.3, -0.25) is 4.21 Å². The summed E-state index contributed by atoms with van der Waals surface area (Å²) in [6.45, 7) is 7.46. The maximum Gasteiger partial charge on any atom is 0.0488 e. The Hall–Kier alpha value is -0.670. The highest BCUT2D eigenvalue weighted by Crippen LogP contribution is 2.11. The molecule has 0 saturated heterocycles. The molecule has 0 aliphatic carbocycles. The van der Waals surface area contributed by atoms with Crippen molar-refractivity contribution in [3.05, 3.63) is 35.9 Å². The summed E-state index contributed by atoms with van der Waals surface area (Å²) >= 11 is 0. The van der Waals surface area contributed by atoms with Gasteiger partial charge >= 0.3 is 0 Å². The zero-order valence-electron chi connectivity index (χ0n) is 11.7. The van der Waals surface area contributed by atoms with Crippen LogP contribution in [0.2, 0.25) is 0 Å². The van der Waals surface area contributed by atoms with E-state index in [0.717, 1.165) is 24.9 Å². The van der Waals surface area contributed by atoms with Crippen molar-refractivity contribution in [1.29, 1.82) is 0 Å². The Bertz CT molecular complexity index is 353. The molecule has 102 valence electrons. The molecule has 0 aliphatic heterocycles. The topological polar surface area (TPSA) is 29.1 Å². The molecule has 0 bridgehead atoms. The first-order valence-corrected chi connectivity index (χ1v) is 8.16. The van der Waals surface area contributed by atoms with E-state index in [1.54, 1.807) is 0 Å². The van der Waals surface area contributed by atoms with Crippen LogP contribution in [0.5, 0.6) is 0 Å². The van der Waals surface area contributed by atoms with Gasteiger partial charge < -0.3 is 5.32 Å². The van der Waals surface area contributed by atoms with E-state index >= 15 is 0 Å². The van der Waals surface area contributed by atoms with E-state index in [-0.39, 0.29) is 5.25 Å². The fourth-order valence-corrected chi connectivity index (χ4v) is 3.27. The van der Waals surface area contributed by atoms with Crippen LogP contribution in [0.3, 0.4) is 0 Å². The number of rotatable bonds is 8. The van der Waals surface area contributed by atoms with Gasteiger partial charge in [-0.2, -0.15) is 0 Å². The Labute approximate surface area is 114 Å². The van der Waals surface area contributed by atoms with Crippen molar-refractivity contribution in [3.8, 4) is 0 Å². The maximum absolute atomic E-state index is 12.2. The molecular weight excluding hydrogens is 242 g/mol. The minimum atomic E-state index is -0.782. The molecule has 3 unspecified atom stereocenters. The monoisotopic (exact) mass is 267 g/mol. The van der Waals surface area contributed by atoms with E-state index in [4.69, 9.17) is 0 Å². The molecule has 2 nitrogen and oxygen atoms in total. The van der Waals surface area contributed by atoms with Gasteiger partial charge in [-0.25, -0.2) is 0 Å². The van der Waals surface area contributed by atoms with Crippen LogP contribution in [-0.2, 0) is 16.6 Å². The Morgan fingerprint density at radius 3 is 2.50 bits per heavy atom. The van der Waals surface area contributed by atoms with Crippen LogP contribution >= 0.6 is 0 Å². The van der Waals surface area contributed by atoms with Gasteiger partial charge in [0.15, 0.2) is 0 Å². The third-order valence-electron chi connectivity index (χ3n) is 3.03. The van der Waals surface area contributed by atoms with Crippen molar-refractivity contribution in [2.45, 2.75) is 50.7 Å². The van der Waals surface area contributed by atoms with Gasteiger partial charge in [-0.05, 0) is 31.9 Å².